The van der Waals surface area contributed by atoms with Crippen molar-refractivity contribution in [3.8, 4) is 0 Å². The average molecular weight is 324 g/mol. The van der Waals surface area contributed by atoms with Gasteiger partial charge in [-0.25, -0.2) is 26.4 Å². The summed E-state index contributed by atoms with van der Waals surface area (Å²) < 4.78 is 58.1. The fraction of sp³-hybridized carbons (Fsp3) is 0.300. The zero-order valence-electron chi connectivity index (χ0n) is 10.6. The quantitative estimate of drug-likeness (QED) is 0.797. The molecule has 0 saturated carbocycles. The molecule has 7 nitrogen and oxygen atoms in total. The largest absolute Gasteiger partial charge is 0.322 e. The number of benzene rings is 1. The van der Waals surface area contributed by atoms with Gasteiger partial charge in [-0.2, -0.15) is 0 Å². The highest BCUT2D eigenvalue weighted by Crippen LogP contribution is 2.19. The minimum absolute atomic E-state index is 0.402. The van der Waals surface area contributed by atoms with E-state index in [0.717, 1.165) is 31.4 Å². The van der Waals surface area contributed by atoms with E-state index in [4.69, 9.17) is 5.14 Å². The summed E-state index contributed by atoms with van der Waals surface area (Å²) in [5.74, 6) is -1.88. The van der Waals surface area contributed by atoms with Crippen LogP contribution in [-0.2, 0) is 24.7 Å². The van der Waals surface area contributed by atoms with Crippen LogP contribution in [0.5, 0.6) is 0 Å². The van der Waals surface area contributed by atoms with Crippen LogP contribution in [0, 0.1) is 5.82 Å². The minimum atomic E-state index is -4.06. The van der Waals surface area contributed by atoms with E-state index < -0.39 is 47.4 Å². The number of halogens is 1. The summed E-state index contributed by atoms with van der Waals surface area (Å²) in [5.41, 5.74) is -0.461. The molecule has 1 rings (SSSR count). The molecule has 20 heavy (non-hydrogen) atoms. The minimum Gasteiger partial charge on any atom is -0.322 e. The second kappa shape index (κ2) is 5.46. The van der Waals surface area contributed by atoms with Gasteiger partial charge in [-0.3, -0.25) is 4.79 Å². The Hall–Kier alpha value is -1.52. The van der Waals surface area contributed by atoms with Crippen LogP contribution in [-0.4, -0.2) is 34.2 Å². The van der Waals surface area contributed by atoms with E-state index in [1.165, 1.54) is 0 Å². The molecule has 10 heteroatoms. The Morgan fingerprint density at radius 1 is 1.30 bits per heavy atom. The van der Waals surface area contributed by atoms with Crippen molar-refractivity contribution in [1.29, 1.82) is 0 Å². The molecule has 0 aliphatic rings. The number of nitrogens with two attached hydrogens (primary N) is 1. The predicted octanol–water partition coefficient (Wildman–Crippen LogP) is -0.155. The van der Waals surface area contributed by atoms with E-state index in [1.807, 2.05) is 5.32 Å². The zero-order chi connectivity index (χ0) is 15.7. The fourth-order valence-corrected chi connectivity index (χ4v) is 2.19. The highest BCUT2D eigenvalue weighted by molar-refractivity contribution is 7.92. The zero-order valence-corrected chi connectivity index (χ0v) is 12.3. The maximum absolute atomic E-state index is 13.5. The number of carbonyl (C=O) groups is 1. The molecule has 0 aliphatic heterocycles. The van der Waals surface area contributed by atoms with Crippen LogP contribution >= 0.6 is 0 Å². The summed E-state index contributed by atoms with van der Waals surface area (Å²) in [6, 6.07) is 2.55. The molecular weight excluding hydrogens is 311 g/mol. The van der Waals surface area contributed by atoms with E-state index in [2.05, 4.69) is 0 Å². The highest BCUT2D eigenvalue weighted by Gasteiger charge is 2.24. The molecular formula is C10H13FN2O5S2. The first-order valence-corrected chi connectivity index (χ1v) is 8.75. The van der Waals surface area contributed by atoms with Crippen molar-refractivity contribution in [3.63, 3.8) is 0 Å². The Morgan fingerprint density at radius 3 is 2.30 bits per heavy atom. The van der Waals surface area contributed by atoms with Crippen molar-refractivity contribution < 1.29 is 26.0 Å². The number of amides is 1. The highest BCUT2D eigenvalue weighted by atomic mass is 32.2. The molecule has 0 radical (unpaired) electrons. The van der Waals surface area contributed by atoms with Crippen LogP contribution in [0.1, 0.15) is 6.92 Å². The molecule has 0 bridgehead atoms. The second-order valence-corrected chi connectivity index (χ2v) is 8.08. The van der Waals surface area contributed by atoms with Gasteiger partial charge in [0.05, 0.1) is 10.6 Å². The normalized spacial score (nSPS) is 13.8. The molecule has 0 saturated heterocycles. The van der Waals surface area contributed by atoms with Gasteiger partial charge in [-0.15, -0.1) is 0 Å². The SMILES string of the molecule is CC(C(=O)Nc1cc(S(N)(=O)=O)ccc1F)S(C)(=O)=O. The first kappa shape index (κ1) is 16.5. The van der Waals surface area contributed by atoms with Gasteiger partial charge >= 0.3 is 0 Å². The lowest BCUT2D eigenvalue weighted by Crippen LogP contribution is -2.32. The molecule has 1 amide bonds. The number of carbonyl (C=O) groups excluding carboxylic acids is 1. The lowest BCUT2D eigenvalue weighted by molar-refractivity contribution is -0.115. The lowest BCUT2D eigenvalue weighted by Gasteiger charge is -2.11. The number of hydrogen-bond acceptors (Lipinski definition) is 5. The molecule has 0 aliphatic carbocycles. The molecule has 0 heterocycles. The van der Waals surface area contributed by atoms with Crippen molar-refractivity contribution in [3.05, 3.63) is 24.0 Å². The molecule has 1 unspecified atom stereocenters. The van der Waals surface area contributed by atoms with Gasteiger partial charge in [0.15, 0.2) is 9.84 Å². The van der Waals surface area contributed by atoms with Gasteiger partial charge in [-0.1, -0.05) is 0 Å². The van der Waals surface area contributed by atoms with Crippen LogP contribution in [0.15, 0.2) is 23.1 Å². The topological polar surface area (TPSA) is 123 Å². The van der Waals surface area contributed by atoms with Gasteiger partial charge in [0, 0.05) is 6.26 Å². The van der Waals surface area contributed by atoms with E-state index in [9.17, 15) is 26.0 Å². The number of sulfone groups is 1. The summed E-state index contributed by atoms with van der Waals surface area (Å²) in [6.45, 7) is 1.13. The van der Waals surface area contributed by atoms with Gasteiger partial charge in [0.1, 0.15) is 11.1 Å². The smallest absolute Gasteiger partial charge is 0.242 e. The number of rotatable bonds is 4. The summed E-state index contributed by atoms with van der Waals surface area (Å²) in [5, 5.41) is 5.49. The van der Waals surface area contributed by atoms with Gasteiger partial charge in [0.25, 0.3) is 0 Å². The molecule has 0 fully saturated rings. The Kier molecular flexibility index (Phi) is 4.52. The molecule has 1 aromatic carbocycles. The number of primary sulfonamides is 1. The summed E-state index contributed by atoms with van der Waals surface area (Å²) in [6.07, 6.45) is 0.856. The maximum atomic E-state index is 13.5. The Labute approximate surface area is 115 Å². The first-order valence-electron chi connectivity index (χ1n) is 5.25. The predicted molar refractivity (Wildman–Crippen MR) is 70.7 cm³/mol. The maximum Gasteiger partial charge on any atom is 0.242 e. The Balaban J connectivity index is 3.13. The van der Waals surface area contributed by atoms with Crippen LogP contribution < -0.4 is 10.5 Å². The van der Waals surface area contributed by atoms with Crippen molar-refractivity contribution >= 4 is 31.5 Å². The van der Waals surface area contributed by atoms with Crippen molar-refractivity contribution in [2.75, 3.05) is 11.6 Å². The monoisotopic (exact) mass is 324 g/mol. The lowest BCUT2D eigenvalue weighted by atomic mass is 10.3. The van der Waals surface area contributed by atoms with Crippen molar-refractivity contribution in [2.45, 2.75) is 17.1 Å². The standard InChI is InChI=1S/C10H13FN2O5S2/c1-6(19(2,15)16)10(14)13-9-5-7(20(12,17)18)3-4-8(9)11/h3-6H,1-2H3,(H,13,14)(H2,12,17,18). The van der Waals surface area contributed by atoms with Crippen LogP contribution in [0.3, 0.4) is 0 Å². The second-order valence-electron chi connectivity index (χ2n) is 4.15. The molecule has 112 valence electrons. The third kappa shape index (κ3) is 3.99. The summed E-state index contributed by atoms with van der Waals surface area (Å²) in [7, 11) is -7.71. The van der Waals surface area contributed by atoms with E-state index in [-0.39, 0.29) is 0 Å². The average Bonchev–Trinajstić information content (AvgIpc) is 2.28. The number of nitrogens with one attached hydrogen (secondary N) is 1. The molecule has 3 N–H and O–H groups in total. The molecule has 1 atom stereocenters. The van der Waals surface area contributed by atoms with Gasteiger partial charge < -0.3 is 5.32 Å². The third-order valence-corrected chi connectivity index (χ3v) is 4.95. The number of anilines is 1. The van der Waals surface area contributed by atoms with Crippen molar-refractivity contribution in [1.82, 2.24) is 0 Å². The Morgan fingerprint density at radius 2 is 1.85 bits per heavy atom. The molecule has 1 aromatic rings. The van der Waals surface area contributed by atoms with E-state index >= 15 is 0 Å². The first-order chi connectivity index (χ1) is 8.93. The van der Waals surface area contributed by atoms with Crippen LogP contribution in [0.25, 0.3) is 0 Å². The molecule has 0 aromatic heterocycles. The van der Waals surface area contributed by atoms with E-state index in [0.29, 0.717) is 0 Å². The summed E-state index contributed by atoms with van der Waals surface area (Å²) >= 11 is 0. The fourth-order valence-electron chi connectivity index (χ4n) is 1.21. The summed E-state index contributed by atoms with van der Waals surface area (Å²) in [4.78, 5) is 11.2. The number of hydrogen-bond donors (Lipinski definition) is 2. The third-order valence-electron chi connectivity index (χ3n) is 2.54. The Bertz CT molecular complexity index is 743. The van der Waals surface area contributed by atoms with E-state index in [1.54, 1.807) is 0 Å². The van der Waals surface area contributed by atoms with Gasteiger partial charge in [0.2, 0.25) is 15.9 Å². The van der Waals surface area contributed by atoms with Crippen LogP contribution in [0.2, 0.25) is 0 Å². The molecule has 0 spiro atoms. The van der Waals surface area contributed by atoms with Crippen LogP contribution in [0.4, 0.5) is 10.1 Å². The van der Waals surface area contributed by atoms with Crippen molar-refractivity contribution in [2.24, 2.45) is 5.14 Å². The number of sulfonamides is 1. The van der Waals surface area contributed by atoms with Gasteiger partial charge in [-0.05, 0) is 25.1 Å².